The van der Waals surface area contributed by atoms with E-state index >= 15 is 0 Å². The molecule has 1 heterocycles. The number of rotatable bonds is 7. The minimum atomic E-state index is -3.36. The van der Waals surface area contributed by atoms with Crippen molar-refractivity contribution >= 4 is 10.0 Å². The van der Waals surface area contributed by atoms with Gasteiger partial charge in [0.05, 0.1) is 5.75 Å². The van der Waals surface area contributed by atoms with Crippen LogP contribution in [-0.4, -0.2) is 33.0 Å². The molecule has 1 atom stereocenters. The number of piperidine rings is 1. The molecule has 5 heteroatoms. The summed E-state index contributed by atoms with van der Waals surface area (Å²) >= 11 is 0. The van der Waals surface area contributed by atoms with Gasteiger partial charge in [-0.2, -0.15) is 0 Å². The van der Waals surface area contributed by atoms with Crippen molar-refractivity contribution in [2.45, 2.75) is 31.6 Å². The lowest BCUT2D eigenvalue weighted by atomic mass is 9.96. The normalized spacial score (nSPS) is 17.9. The van der Waals surface area contributed by atoms with Gasteiger partial charge in [0, 0.05) is 12.6 Å². The van der Waals surface area contributed by atoms with Gasteiger partial charge in [-0.15, -0.1) is 0 Å². The summed E-state index contributed by atoms with van der Waals surface area (Å²) in [7, 11) is -3.36. The van der Waals surface area contributed by atoms with Gasteiger partial charge in [0.25, 0.3) is 0 Å². The van der Waals surface area contributed by atoms with E-state index in [1.54, 1.807) is 0 Å². The molecule has 4 nitrogen and oxygen atoms in total. The molecule has 0 spiro atoms. The van der Waals surface area contributed by atoms with Gasteiger partial charge in [0.2, 0.25) is 10.0 Å². The number of likely N-dealkylation sites (tertiary alicyclic amines) is 1. The van der Waals surface area contributed by atoms with Crippen LogP contribution in [0.2, 0.25) is 0 Å². The Morgan fingerprint density at radius 2 is 1.58 bits per heavy atom. The minimum absolute atomic E-state index is 0.0202. The number of hydrogen-bond donors (Lipinski definition) is 1. The molecular weight excluding hydrogens is 344 g/mol. The van der Waals surface area contributed by atoms with Crippen LogP contribution in [-0.2, 0) is 15.8 Å². The largest absolute Gasteiger partial charge is 0.295 e. The summed E-state index contributed by atoms with van der Waals surface area (Å²) in [5.74, 6) is 0.768. The minimum Gasteiger partial charge on any atom is -0.295 e. The van der Waals surface area contributed by atoms with Crippen molar-refractivity contribution in [1.82, 2.24) is 9.62 Å². The number of nitrogens with zero attached hydrogens (tertiary/aromatic N) is 1. The highest BCUT2D eigenvalue weighted by Crippen LogP contribution is 2.26. The van der Waals surface area contributed by atoms with Crippen molar-refractivity contribution < 1.29 is 8.42 Å². The standard InChI is InChI=1S/C21H28N2O2S/c1-18-12-14-23(15-13-18)21(20-10-6-3-7-11-20)16-22-26(24,25)17-19-8-4-2-5-9-19/h2-11,18,21-22H,12-17H2,1H3. The monoisotopic (exact) mass is 372 g/mol. The van der Waals surface area contributed by atoms with Crippen LogP contribution in [0.5, 0.6) is 0 Å². The van der Waals surface area contributed by atoms with E-state index in [0.29, 0.717) is 6.54 Å². The second kappa shape index (κ2) is 8.80. The van der Waals surface area contributed by atoms with Crippen molar-refractivity contribution in [2.75, 3.05) is 19.6 Å². The summed E-state index contributed by atoms with van der Waals surface area (Å²) in [6.07, 6.45) is 2.33. The van der Waals surface area contributed by atoms with Crippen LogP contribution in [0.15, 0.2) is 60.7 Å². The van der Waals surface area contributed by atoms with E-state index in [2.05, 4.69) is 28.7 Å². The van der Waals surface area contributed by atoms with Crippen LogP contribution in [0.4, 0.5) is 0 Å². The van der Waals surface area contributed by atoms with E-state index in [1.165, 1.54) is 18.4 Å². The Bertz CT molecular complexity index is 770. The lowest BCUT2D eigenvalue weighted by Crippen LogP contribution is -2.42. The summed E-state index contributed by atoms with van der Waals surface area (Å²) in [5, 5.41) is 0. The molecule has 3 rings (SSSR count). The highest BCUT2D eigenvalue weighted by molar-refractivity contribution is 7.88. The fraction of sp³-hybridized carbons (Fsp3) is 0.429. The van der Waals surface area contributed by atoms with Crippen LogP contribution >= 0.6 is 0 Å². The summed E-state index contributed by atoms with van der Waals surface area (Å²) in [4.78, 5) is 2.42. The van der Waals surface area contributed by atoms with Gasteiger partial charge >= 0.3 is 0 Å². The molecule has 140 valence electrons. The van der Waals surface area contributed by atoms with E-state index < -0.39 is 10.0 Å². The van der Waals surface area contributed by atoms with Gasteiger partial charge in [-0.3, -0.25) is 4.90 Å². The molecule has 0 bridgehead atoms. The zero-order valence-corrected chi connectivity index (χ0v) is 16.2. The Balaban J connectivity index is 1.69. The predicted octanol–water partition coefficient (Wildman–Crippen LogP) is 3.58. The van der Waals surface area contributed by atoms with Crippen LogP contribution in [0.3, 0.4) is 0 Å². The SMILES string of the molecule is CC1CCN(C(CNS(=O)(=O)Cc2ccccc2)c2ccccc2)CC1. The molecule has 0 saturated carbocycles. The number of sulfonamides is 1. The van der Waals surface area contributed by atoms with Crippen LogP contribution < -0.4 is 4.72 Å². The van der Waals surface area contributed by atoms with Crippen molar-refractivity contribution in [2.24, 2.45) is 5.92 Å². The highest BCUT2D eigenvalue weighted by Gasteiger charge is 2.26. The maximum Gasteiger partial charge on any atom is 0.215 e. The molecule has 0 radical (unpaired) electrons. The van der Waals surface area contributed by atoms with E-state index in [4.69, 9.17) is 0 Å². The molecule has 1 saturated heterocycles. The van der Waals surface area contributed by atoms with Gasteiger partial charge in [-0.05, 0) is 43.0 Å². The first-order valence-electron chi connectivity index (χ1n) is 9.34. The molecule has 0 aliphatic carbocycles. The average molecular weight is 373 g/mol. The summed E-state index contributed by atoms with van der Waals surface area (Å²) < 4.78 is 27.9. The molecule has 0 amide bonds. The van der Waals surface area contributed by atoms with E-state index in [0.717, 1.165) is 24.6 Å². The predicted molar refractivity (Wildman–Crippen MR) is 106 cm³/mol. The van der Waals surface area contributed by atoms with Crippen LogP contribution in [0.1, 0.15) is 36.9 Å². The number of hydrogen-bond acceptors (Lipinski definition) is 3. The third-order valence-corrected chi connectivity index (χ3v) is 6.46. The quantitative estimate of drug-likeness (QED) is 0.808. The van der Waals surface area contributed by atoms with Crippen LogP contribution in [0.25, 0.3) is 0 Å². The second-order valence-corrected chi connectivity index (χ2v) is 9.04. The van der Waals surface area contributed by atoms with E-state index in [1.807, 2.05) is 48.5 Å². The maximum absolute atomic E-state index is 12.5. The van der Waals surface area contributed by atoms with E-state index in [-0.39, 0.29) is 11.8 Å². The lowest BCUT2D eigenvalue weighted by Gasteiger charge is -2.37. The Morgan fingerprint density at radius 3 is 2.19 bits per heavy atom. The molecular formula is C21H28N2O2S. The molecule has 1 aliphatic rings. The third kappa shape index (κ3) is 5.40. The maximum atomic E-state index is 12.5. The van der Waals surface area contributed by atoms with E-state index in [9.17, 15) is 8.42 Å². The number of benzene rings is 2. The molecule has 0 aromatic heterocycles. The summed E-state index contributed by atoms with van der Waals surface area (Å²) in [6, 6.07) is 19.6. The molecule has 26 heavy (non-hydrogen) atoms. The zero-order valence-electron chi connectivity index (χ0n) is 15.3. The first kappa shape index (κ1) is 19.1. The molecule has 1 unspecified atom stereocenters. The first-order valence-corrected chi connectivity index (χ1v) is 11.0. The Hall–Kier alpha value is -1.69. The molecule has 1 aliphatic heterocycles. The molecule has 2 aromatic carbocycles. The van der Waals surface area contributed by atoms with Gasteiger partial charge in [0.15, 0.2) is 0 Å². The van der Waals surface area contributed by atoms with Crippen molar-refractivity contribution in [3.8, 4) is 0 Å². The van der Waals surface area contributed by atoms with Crippen LogP contribution in [0, 0.1) is 5.92 Å². The fourth-order valence-electron chi connectivity index (χ4n) is 3.52. The van der Waals surface area contributed by atoms with Crippen molar-refractivity contribution in [1.29, 1.82) is 0 Å². The van der Waals surface area contributed by atoms with Crippen molar-refractivity contribution in [3.05, 3.63) is 71.8 Å². The first-order chi connectivity index (χ1) is 12.5. The molecule has 1 fully saturated rings. The molecule has 2 aromatic rings. The van der Waals surface area contributed by atoms with Gasteiger partial charge in [0.1, 0.15) is 0 Å². The lowest BCUT2D eigenvalue weighted by molar-refractivity contribution is 0.139. The smallest absolute Gasteiger partial charge is 0.215 e. The topological polar surface area (TPSA) is 49.4 Å². The van der Waals surface area contributed by atoms with Gasteiger partial charge in [-0.25, -0.2) is 13.1 Å². The fourth-order valence-corrected chi connectivity index (χ4v) is 4.67. The van der Waals surface area contributed by atoms with Gasteiger partial charge < -0.3 is 0 Å². The Kier molecular flexibility index (Phi) is 6.46. The summed E-state index contributed by atoms with van der Waals surface area (Å²) in [6.45, 7) is 4.73. The molecule has 1 N–H and O–H groups in total. The average Bonchev–Trinajstić information content (AvgIpc) is 2.64. The Morgan fingerprint density at radius 1 is 1.00 bits per heavy atom. The third-order valence-electron chi connectivity index (χ3n) is 5.14. The van der Waals surface area contributed by atoms with Crippen molar-refractivity contribution in [3.63, 3.8) is 0 Å². The second-order valence-electron chi connectivity index (χ2n) is 7.24. The highest BCUT2D eigenvalue weighted by atomic mass is 32.2. The zero-order chi connectivity index (χ0) is 18.4. The summed E-state index contributed by atoms with van der Waals surface area (Å²) in [5.41, 5.74) is 1.98. The Labute approximate surface area is 157 Å². The van der Waals surface area contributed by atoms with Gasteiger partial charge in [-0.1, -0.05) is 67.6 Å². The number of nitrogens with one attached hydrogen (secondary N) is 1.